The number of amides is 2. The van der Waals surface area contributed by atoms with E-state index < -0.39 is 12.0 Å². The molecule has 0 bridgehead atoms. The number of nitrogens with two attached hydrogens (primary N) is 1. The van der Waals surface area contributed by atoms with Crippen LogP contribution in [0, 0.1) is 13.8 Å². The van der Waals surface area contributed by atoms with Crippen LogP contribution >= 0.6 is 0 Å². The molecule has 0 saturated carbocycles. The minimum atomic E-state index is -0.661. The lowest BCUT2D eigenvalue weighted by Crippen LogP contribution is -2.33. The number of para-hydroxylation sites is 1. The van der Waals surface area contributed by atoms with Gasteiger partial charge in [-0.3, -0.25) is 9.59 Å². The first-order valence-corrected chi connectivity index (χ1v) is 7.86. The molecule has 0 aliphatic rings. The lowest BCUT2D eigenvalue weighted by Gasteiger charge is -2.20. The molecule has 0 fully saturated rings. The first-order valence-electron chi connectivity index (χ1n) is 7.86. The number of nitrogens with one attached hydrogen (secondary N) is 1. The molecule has 2 aromatic rings. The van der Waals surface area contributed by atoms with Crippen molar-refractivity contribution in [3.8, 4) is 5.75 Å². The molecule has 2 amide bonds. The predicted octanol–water partition coefficient (Wildman–Crippen LogP) is 3.20. The summed E-state index contributed by atoms with van der Waals surface area (Å²) in [4.78, 5) is 24.0. The van der Waals surface area contributed by atoms with E-state index in [0.29, 0.717) is 17.9 Å². The highest BCUT2D eigenvalue weighted by atomic mass is 16.5. The highest BCUT2D eigenvalue weighted by Crippen LogP contribution is 2.23. The Morgan fingerprint density at radius 3 is 2.50 bits per heavy atom. The molecular formula is C19H22N2O3. The van der Waals surface area contributed by atoms with Gasteiger partial charge in [0, 0.05) is 0 Å². The number of rotatable bonds is 6. The first-order chi connectivity index (χ1) is 11.4. The summed E-state index contributed by atoms with van der Waals surface area (Å²) in [6, 6.07) is 12.4. The third-order valence-corrected chi connectivity index (χ3v) is 3.94. The van der Waals surface area contributed by atoms with Crippen LogP contribution < -0.4 is 15.8 Å². The Labute approximate surface area is 141 Å². The molecule has 0 spiro atoms. The minimum absolute atomic E-state index is 0.271. The van der Waals surface area contributed by atoms with E-state index in [4.69, 9.17) is 10.5 Å². The SMILES string of the molecule is CC[C@H](Oc1cccc(C)c1C)C(=O)Nc1ccccc1C(N)=O. The zero-order valence-corrected chi connectivity index (χ0v) is 14.1. The maximum Gasteiger partial charge on any atom is 0.265 e. The van der Waals surface area contributed by atoms with E-state index in [0.717, 1.165) is 11.1 Å². The van der Waals surface area contributed by atoms with Crippen molar-refractivity contribution in [3.05, 3.63) is 59.2 Å². The molecular weight excluding hydrogens is 304 g/mol. The fraction of sp³-hybridized carbons (Fsp3) is 0.263. The van der Waals surface area contributed by atoms with E-state index >= 15 is 0 Å². The fourth-order valence-corrected chi connectivity index (χ4v) is 2.35. The highest BCUT2D eigenvalue weighted by molar-refractivity contribution is 6.04. The molecule has 2 aromatic carbocycles. The van der Waals surface area contributed by atoms with Gasteiger partial charge in [0.15, 0.2) is 6.10 Å². The van der Waals surface area contributed by atoms with Gasteiger partial charge in [-0.1, -0.05) is 31.2 Å². The lowest BCUT2D eigenvalue weighted by atomic mass is 10.1. The van der Waals surface area contributed by atoms with Crippen molar-refractivity contribution >= 4 is 17.5 Å². The summed E-state index contributed by atoms with van der Waals surface area (Å²) < 4.78 is 5.88. The summed E-state index contributed by atoms with van der Waals surface area (Å²) >= 11 is 0. The Kier molecular flexibility index (Phi) is 5.58. The number of anilines is 1. The van der Waals surface area contributed by atoms with Gasteiger partial charge < -0.3 is 15.8 Å². The zero-order chi connectivity index (χ0) is 17.7. The average molecular weight is 326 g/mol. The Bertz CT molecular complexity index is 756. The lowest BCUT2D eigenvalue weighted by molar-refractivity contribution is -0.122. The number of carbonyl (C=O) groups is 2. The largest absolute Gasteiger partial charge is 0.480 e. The maximum atomic E-state index is 12.5. The second-order valence-electron chi connectivity index (χ2n) is 5.61. The van der Waals surface area contributed by atoms with Crippen LogP contribution in [0.25, 0.3) is 0 Å². The fourth-order valence-electron chi connectivity index (χ4n) is 2.35. The zero-order valence-electron chi connectivity index (χ0n) is 14.1. The topological polar surface area (TPSA) is 81.4 Å². The Hall–Kier alpha value is -2.82. The van der Waals surface area contributed by atoms with Gasteiger partial charge in [-0.2, -0.15) is 0 Å². The molecule has 0 unspecified atom stereocenters. The van der Waals surface area contributed by atoms with Gasteiger partial charge >= 0.3 is 0 Å². The van der Waals surface area contributed by atoms with E-state index in [9.17, 15) is 9.59 Å². The number of aryl methyl sites for hydroxylation is 1. The molecule has 0 aliphatic carbocycles. The standard InChI is InChI=1S/C19H22N2O3/c1-4-16(24-17-11-7-8-12(2)13(17)3)19(23)21-15-10-6-5-9-14(15)18(20)22/h5-11,16H,4H2,1-3H3,(H2,20,22)(H,21,23)/t16-/m0/s1. The van der Waals surface area contributed by atoms with Gasteiger partial charge in [0.1, 0.15) is 5.75 Å². The van der Waals surface area contributed by atoms with Gasteiger partial charge in [0.2, 0.25) is 0 Å². The van der Waals surface area contributed by atoms with Gasteiger partial charge in [-0.25, -0.2) is 0 Å². The van der Waals surface area contributed by atoms with E-state index in [1.807, 2.05) is 39.0 Å². The van der Waals surface area contributed by atoms with Crippen molar-refractivity contribution < 1.29 is 14.3 Å². The van der Waals surface area contributed by atoms with E-state index in [1.54, 1.807) is 24.3 Å². The Balaban J connectivity index is 2.18. The number of primary amides is 1. The van der Waals surface area contributed by atoms with Gasteiger partial charge in [-0.15, -0.1) is 0 Å². The molecule has 0 radical (unpaired) electrons. The summed E-state index contributed by atoms with van der Waals surface area (Å²) in [5, 5.41) is 2.73. The summed E-state index contributed by atoms with van der Waals surface area (Å²) in [5.74, 6) is -0.221. The van der Waals surface area contributed by atoms with Gasteiger partial charge in [0.25, 0.3) is 11.8 Å². The smallest absolute Gasteiger partial charge is 0.265 e. The first kappa shape index (κ1) is 17.5. The van der Waals surface area contributed by atoms with Crippen molar-refractivity contribution in [2.45, 2.75) is 33.3 Å². The molecule has 3 N–H and O–H groups in total. The molecule has 0 aliphatic heterocycles. The number of carbonyl (C=O) groups excluding carboxylic acids is 2. The van der Waals surface area contributed by atoms with Crippen LogP contribution in [0.4, 0.5) is 5.69 Å². The van der Waals surface area contributed by atoms with Crippen molar-refractivity contribution in [3.63, 3.8) is 0 Å². The van der Waals surface area contributed by atoms with Crippen molar-refractivity contribution in [1.29, 1.82) is 0 Å². The van der Waals surface area contributed by atoms with Crippen LogP contribution in [-0.2, 0) is 4.79 Å². The number of benzene rings is 2. The average Bonchev–Trinajstić information content (AvgIpc) is 2.56. The molecule has 1 atom stereocenters. The molecule has 0 aromatic heterocycles. The van der Waals surface area contributed by atoms with Crippen LogP contribution in [0.15, 0.2) is 42.5 Å². The Morgan fingerprint density at radius 1 is 1.12 bits per heavy atom. The predicted molar refractivity (Wildman–Crippen MR) is 94.2 cm³/mol. The van der Waals surface area contributed by atoms with Crippen LogP contribution in [-0.4, -0.2) is 17.9 Å². The third-order valence-electron chi connectivity index (χ3n) is 3.94. The molecule has 0 heterocycles. The van der Waals surface area contributed by atoms with Crippen molar-refractivity contribution in [2.24, 2.45) is 5.73 Å². The number of hydrogen-bond donors (Lipinski definition) is 2. The number of ether oxygens (including phenoxy) is 1. The van der Waals surface area contributed by atoms with Gasteiger partial charge in [-0.05, 0) is 49.6 Å². The summed E-state index contributed by atoms with van der Waals surface area (Å²) in [5.41, 5.74) is 8.10. The quantitative estimate of drug-likeness (QED) is 0.855. The molecule has 5 nitrogen and oxygen atoms in total. The van der Waals surface area contributed by atoms with Crippen LogP contribution in [0.2, 0.25) is 0 Å². The summed E-state index contributed by atoms with van der Waals surface area (Å²) in [7, 11) is 0. The summed E-state index contributed by atoms with van der Waals surface area (Å²) in [6.07, 6.45) is -0.163. The Morgan fingerprint density at radius 2 is 1.83 bits per heavy atom. The van der Waals surface area contributed by atoms with Crippen molar-refractivity contribution in [2.75, 3.05) is 5.32 Å². The van der Waals surface area contributed by atoms with Crippen LogP contribution in [0.3, 0.4) is 0 Å². The van der Waals surface area contributed by atoms with Gasteiger partial charge in [0.05, 0.1) is 11.3 Å². The maximum absolute atomic E-state index is 12.5. The third kappa shape index (κ3) is 3.93. The number of hydrogen-bond acceptors (Lipinski definition) is 3. The summed E-state index contributed by atoms with van der Waals surface area (Å²) in [6.45, 7) is 5.82. The van der Waals surface area contributed by atoms with Crippen LogP contribution in [0.5, 0.6) is 5.75 Å². The van der Waals surface area contributed by atoms with E-state index in [2.05, 4.69) is 5.32 Å². The highest BCUT2D eigenvalue weighted by Gasteiger charge is 2.21. The van der Waals surface area contributed by atoms with E-state index in [1.165, 1.54) is 0 Å². The second kappa shape index (κ2) is 7.64. The van der Waals surface area contributed by atoms with E-state index in [-0.39, 0.29) is 11.5 Å². The monoisotopic (exact) mass is 326 g/mol. The van der Waals surface area contributed by atoms with Crippen LogP contribution in [0.1, 0.15) is 34.8 Å². The molecule has 2 rings (SSSR count). The van der Waals surface area contributed by atoms with Crippen molar-refractivity contribution in [1.82, 2.24) is 0 Å². The minimum Gasteiger partial charge on any atom is -0.480 e. The normalized spacial score (nSPS) is 11.6. The molecule has 0 saturated heterocycles. The molecule has 126 valence electrons. The molecule has 24 heavy (non-hydrogen) atoms. The molecule has 5 heteroatoms. The second-order valence-corrected chi connectivity index (χ2v) is 5.61.